The molecule has 6 heteroatoms. The zero-order chi connectivity index (χ0) is 12.9. The van der Waals surface area contributed by atoms with E-state index >= 15 is 0 Å². The van der Waals surface area contributed by atoms with E-state index in [9.17, 15) is 13.5 Å². The second kappa shape index (κ2) is 6.33. The molecule has 0 radical (unpaired) electrons. The van der Waals surface area contributed by atoms with Crippen LogP contribution in [0.2, 0.25) is 5.02 Å². The molecule has 0 saturated carbocycles. The van der Waals surface area contributed by atoms with Gasteiger partial charge < -0.3 is 5.11 Å². The zero-order valence-corrected chi connectivity index (χ0v) is 11.2. The molecule has 17 heavy (non-hydrogen) atoms. The zero-order valence-electron chi connectivity index (χ0n) is 9.63. The van der Waals surface area contributed by atoms with E-state index in [4.69, 9.17) is 11.6 Å². The third kappa shape index (κ3) is 5.02. The largest absolute Gasteiger partial charge is 0.387 e. The van der Waals surface area contributed by atoms with Gasteiger partial charge in [0.25, 0.3) is 0 Å². The Morgan fingerprint density at radius 2 is 2.18 bits per heavy atom. The lowest BCUT2D eigenvalue weighted by Gasteiger charge is -2.09. The van der Waals surface area contributed by atoms with Crippen LogP contribution < -0.4 is 0 Å². The van der Waals surface area contributed by atoms with Gasteiger partial charge in [-0.25, -0.2) is 8.42 Å². The summed E-state index contributed by atoms with van der Waals surface area (Å²) in [5, 5.41) is 10.3. The van der Waals surface area contributed by atoms with Crippen molar-refractivity contribution in [3.8, 4) is 0 Å². The maximum atomic E-state index is 11.2. The Kier molecular flexibility index (Phi) is 5.36. The van der Waals surface area contributed by atoms with Gasteiger partial charge in [-0.1, -0.05) is 18.5 Å². The summed E-state index contributed by atoms with van der Waals surface area (Å²) in [6, 6.07) is 3.29. The van der Waals surface area contributed by atoms with Crippen molar-refractivity contribution in [2.75, 3.05) is 11.5 Å². The van der Waals surface area contributed by atoms with E-state index in [-0.39, 0.29) is 11.5 Å². The molecular formula is C11H16ClNO3S. The highest BCUT2D eigenvalue weighted by molar-refractivity contribution is 7.91. The van der Waals surface area contributed by atoms with Gasteiger partial charge in [0, 0.05) is 11.9 Å². The highest BCUT2D eigenvalue weighted by atomic mass is 35.5. The summed E-state index contributed by atoms with van der Waals surface area (Å²) in [5.74, 6) is 0.246. The van der Waals surface area contributed by atoms with Crippen LogP contribution in [-0.4, -0.2) is 30.0 Å². The van der Waals surface area contributed by atoms with E-state index < -0.39 is 15.9 Å². The molecule has 0 aliphatic heterocycles. The van der Waals surface area contributed by atoms with Crippen LogP contribution in [0.1, 0.15) is 31.6 Å². The fourth-order valence-electron chi connectivity index (χ4n) is 1.37. The summed E-state index contributed by atoms with van der Waals surface area (Å²) in [6.45, 7) is 1.62. The fraction of sp³-hybridized carbons (Fsp3) is 0.545. The molecule has 1 heterocycles. The topological polar surface area (TPSA) is 67.3 Å². The minimum absolute atomic E-state index is 0.105. The van der Waals surface area contributed by atoms with Crippen LogP contribution in [0.5, 0.6) is 0 Å². The van der Waals surface area contributed by atoms with Crippen molar-refractivity contribution in [2.45, 2.75) is 25.9 Å². The first-order valence-electron chi connectivity index (χ1n) is 5.44. The van der Waals surface area contributed by atoms with E-state index in [1.54, 1.807) is 19.1 Å². The van der Waals surface area contributed by atoms with Gasteiger partial charge in [0.1, 0.15) is 9.84 Å². The van der Waals surface area contributed by atoms with E-state index in [1.165, 1.54) is 6.20 Å². The lowest BCUT2D eigenvalue weighted by molar-refractivity contribution is 0.162. The molecule has 0 fully saturated rings. The number of nitrogens with zero attached hydrogens (tertiary/aromatic N) is 1. The SMILES string of the molecule is CCS(=O)(=O)CCCC(O)c1ccc(Cl)cn1. The first kappa shape index (κ1) is 14.4. The average Bonchev–Trinajstić information content (AvgIpc) is 2.29. The van der Waals surface area contributed by atoms with Crippen LogP contribution in [0.3, 0.4) is 0 Å². The standard InChI is InChI=1S/C11H16ClNO3S/c1-2-17(15,16)7-3-4-11(14)10-6-5-9(12)8-13-10/h5-6,8,11,14H,2-4,7H2,1H3. The third-order valence-electron chi connectivity index (χ3n) is 2.46. The van der Waals surface area contributed by atoms with Crippen LogP contribution >= 0.6 is 11.6 Å². The number of rotatable bonds is 6. The molecule has 1 unspecified atom stereocenters. The molecule has 1 rings (SSSR count). The molecule has 0 bridgehead atoms. The normalized spacial score (nSPS) is 13.6. The number of aromatic nitrogens is 1. The van der Waals surface area contributed by atoms with Crippen molar-refractivity contribution in [1.29, 1.82) is 0 Å². The van der Waals surface area contributed by atoms with Gasteiger partial charge in [0.2, 0.25) is 0 Å². The van der Waals surface area contributed by atoms with E-state index in [0.29, 0.717) is 23.6 Å². The monoisotopic (exact) mass is 277 g/mol. The van der Waals surface area contributed by atoms with E-state index in [2.05, 4.69) is 4.98 Å². The number of aliphatic hydroxyl groups is 1. The molecule has 0 aliphatic carbocycles. The first-order valence-corrected chi connectivity index (χ1v) is 7.64. The number of aliphatic hydroxyl groups excluding tert-OH is 1. The van der Waals surface area contributed by atoms with Gasteiger partial charge in [0.05, 0.1) is 22.6 Å². The molecule has 1 aromatic heterocycles. The summed E-state index contributed by atoms with van der Waals surface area (Å²) in [7, 11) is -2.96. The summed E-state index contributed by atoms with van der Waals surface area (Å²) in [6.07, 6.45) is 1.54. The second-order valence-electron chi connectivity index (χ2n) is 3.80. The molecule has 0 spiro atoms. The smallest absolute Gasteiger partial charge is 0.150 e. The van der Waals surface area contributed by atoms with Crippen LogP contribution in [-0.2, 0) is 9.84 Å². The fourth-order valence-corrected chi connectivity index (χ4v) is 2.38. The second-order valence-corrected chi connectivity index (χ2v) is 6.70. The van der Waals surface area contributed by atoms with Gasteiger partial charge in [-0.3, -0.25) is 4.98 Å². The quantitative estimate of drug-likeness (QED) is 0.863. The third-order valence-corrected chi connectivity index (χ3v) is 4.48. The predicted molar refractivity (Wildman–Crippen MR) is 67.8 cm³/mol. The molecule has 1 atom stereocenters. The van der Waals surface area contributed by atoms with Gasteiger partial charge in [-0.15, -0.1) is 0 Å². The number of halogens is 1. The van der Waals surface area contributed by atoms with Crippen LogP contribution in [0.15, 0.2) is 18.3 Å². The summed E-state index contributed by atoms with van der Waals surface area (Å²) in [5.41, 5.74) is 0.517. The maximum absolute atomic E-state index is 11.2. The van der Waals surface area contributed by atoms with Crippen molar-refractivity contribution < 1.29 is 13.5 Å². The number of hydrogen-bond donors (Lipinski definition) is 1. The Labute approximate surface area is 107 Å². The van der Waals surface area contributed by atoms with Crippen molar-refractivity contribution in [2.24, 2.45) is 0 Å². The Bertz CT molecular complexity index is 444. The number of pyridine rings is 1. The van der Waals surface area contributed by atoms with E-state index in [1.807, 2.05) is 0 Å². The van der Waals surface area contributed by atoms with Gasteiger partial charge in [0.15, 0.2) is 0 Å². The summed E-state index contributed by atoms with van der Waals surface area (Å²) >= 11 is 5.68. The molecule has 0 aliphatic rings. The lowest BCUT2D eigenvalue weighted by Crippen LogP contribution is -2.10. The minimum atomic E-state index is -2.96. The average molecular weight is 278 g/mol. The van der Waals surface area contributed by atoms with Gasteiger partial charge in [-0.05, 0) is 25.0 Å². The van der Waals surface area contributed by atoms with Gasteiger partial charge >= 0.3 is 0 Å². The molecule has 1 aromatic rings. The summed E-state index contributed by atoms with van der Waals surface area (Å²) in [4.78, 5) is 3.98. The molecule has 4 nitrogen and oxygen atoms in total. The Morgan fingerprint density at radius 3 is 2.71 bits per heavy atom. The van der Waals surface area contributed by atoms with Crippen LogP contribution in [0.4, 0.5) is 0 Å². The molecular weight excluding hydrogens is 262 g/mol. The minimum Gasteiger partial charge on any atom is -0.387 e. The van der Waals surface area contributed by atoms with Crippen LogP contribution in [0.25, 0.3) is 0 Å². The van der Waals surface area contributed by atoms with Gasteiger partial charge in [-0.2, -0.15) is 0 Å². The molecule has 0 aromatic carbocycles. The van der Waals surface area contributed by atoms with Crippen LogP contribution in [0, 0.1) is 0 Å². The Morgan fingerprint density at radius 1 is 1.47 bits per heavy atom. The Hall–Kier alpha value is -0.650. The summed E-state index contributed by atoms with van der Waals surface area (Å²) < 4.78 is 22.5. The highest BCUT2D eigenvalue weighted by Crippen LogP contribution is 2.18. The number of sulfone groups is 1. The van der Waals surface area contributed by atoms with E-state index in [0.717, 1.165) is 0 Å². The van der Waals surface area contributed by atoms with Crippen molar-refractivity contribution in [3.63, 3.8) is 0 Å². The predicted octanol–water partition coefficient (Wildman–Crippen LogP) is 1.98. The lowest BCUT2D eigenvalue weighted by atomic mass is 10.1. The molecule has 1 N–H and O–H groups in total. The van der Waals surface area contributed by atoms with Crippen molar-refractivity contribution in [3.05, 3.63) is 29.0 Å². The van der Waals surface area contributed by atoms with Crippen molar-refractivity contribution in [1.82, 2.24) is 4.98 Å². The molecule has 0 amide bonds. The molecule has 0 saturated heterocycles. The Balaban J connectivity index is 2.45. The number of hydrogen-bond acceptors (Lipinski definition) is 4. The maximum Gasteiger partial charge on any atom is 0.150 e. The van der Waals surface area contributed by atoms with Crippen molar-refractivity contribution >= 4 is 21.4 Å². The molecule has 96 valence electrons. The highest BCUT2D eigenvalue weighted by Gasteiger charge is 2.12. The first-order chi connectivity index (χ1) is 7.94.